The summed E-state index contributed by atoms with van der Waals surface area (Å²) in [4.78, 5) is 12.0. The maximum Gasteiger partial charge on any atom is 0.244 e. The molecule has 0 aliphatic heterocycles. The van der Waals surface area contributed by atoms with Crippen molar-refractivity contribution in [2.75, 3.05) is 14.2 Å². The number of nitrogens with one attached hydrogen (secondary N) is 1. The number of methoxy groups -OCH3 is 2. The molecule has 1 aliphatic carbocycles. The van der Waals surface area contributed by atoms with Gasteiger partial charge in [-0.25, -0.2) is 0 Å². The lowest BCUT2D eigenvalue weighted by molar-refractivity contribution is -0.117. The lowest BCUT2D eigenvalue weighted by Crippen LogP contribution is -2.36. The van der Waals surface area contributed by atoms with Crippen molar-refractivity contribution in [2.45, 2.75) is 38.6 Å². The van der Waals surface area contributed by atoms with E-state index in [-0.39, 0.29) is 17.7 Å². The monoisotopic (exact) mass is 319 g/mol. The second-order valence-corrected chi connectivity index (χ2v) is 6.07. The molecule has 1 saturated carbocycles. The topological polar surface area (TPSA) is 67.8 Å². The molecule has 0 aromatic heterocycles. The zero-order valence-electron chi connectivity index (χ0n) is 14.0. The van der Waals surface area contributed by atoms with Crippen LogP contribution < -0.4 is 14.8 Å². The van der Waals surface area contributed by atoms with E-state index in [0.29, 0.717) is 11.5 Å². The van der Waals surface area contributed by atoms with Crippen molar-refractivity contribution in [1.82, 2.24) is 5.32 Å². The number of phenols is 1. The van der Waals surface area contributed by atoms with E-state index >= 15 is 0 Å². The van der Waals surface area contributed by atoms with E-state index in [1.807, 2.05) is 0 Å². The van der Waals surface area contributed by atoms with Crippen molar-refractivity contribution in [3.8, 4) is 17.2 Å². The number of amides is 1. The second kappa shape index (κ2) is 7.90. The Hall–Kier alpha value is -2.17. The van der Waals surface area contributed by atoms with Gasteiger partial charge in [-0.1, -0.05) is 6.92 Å². The smallest absolute Gasteiger partial charge is 0.244 e. The van der Waals surface area contributed by atoms with Gasteiger partial charge in [0, 0.05) is 12.1 Å². The van der Waals surface area contributed by atoms with Gasteiger partial charge in [0.15, 0.2) is 11.5 Å². The van der Waals surface area contributed by atoms with Crippen LogP contribution in [0.1, 0.15) is 38.2 Å². The first-order valence-electron chi connectivity index (χ1n) is 7.97. The molecular formula is C18H25NO4. The number of phenolic OH excluding ortho intramolecular Hbond substituents is 1. The number of rotatable bonds is 5. The van der Waals surface area contributed by atoms with Crippen molar-refractivity contribution in [1.29, 1.82) is 0 Å². The molecule has 0 atom stereocenters. The molecule has 5 nitrogen and oxygen atoms in total. The van der Waals surface area contributed by atoms with Crippen LogP contribution in [-0.4, -0.2) is 31.3 Å². The summed E-state index contributed by atoms with van der Waals surface area (Å²) in [5.74, 6) is 1.23. The van der Waals surface area contributed by atoms with Crippen molar-refractivity contribution >= 4 is 12.0 Å². The second-order valence-electron chi connectivity index (χ2n) is 6.07. The first-order chi connectivity index (χ1) is 11.0. The normalized spacial score (nSPS) is 21.2. The van der Waals surface area contributed by atoms with E-state index in [2.05, 4.69) is 12.2 Å². The molecule has 0 unspecified atom stereocenters. The minimum Gasteiger partial charge on any atom is -0.502 e. The van der Waals surface area contributed by atoms with E-state index in [4.69, 9.17) is 9.47 Å². The number of benzene rings is 1. The zero-order valence-corrected chi connectivity index (χ0v) is 14.0. The molecule has 1 aromatic carbocycles. The molecule has 1 aliphatic rings. The Balaban J connectivity index is 2.00. The summed E-state index contributed by atoms with van der Waals surface area (Å²) in [7, 11) is 2.94. The maximum atomic E-state index is 12.0. The van der Waals surface area contributed by atoms with Crippen molar-refractivity contribution in [3.05, 3.63) is 23.8 Å². The van der Waals surface area contributed by atoms with Crippen LogP contribution in [0.5, 0.6) is 17.2 Å². The molecule has 2 N–H and O–H groups in total. The minimum atomic E-state index is -0.101. The van der Waals surface area contributed by atoms with Crippen molar-refractivity contribution in [3.63, 3.8) is 0 Å². The number of aromatic hydroxyl groups is 1. The highest BCUT2D eigenvalue weighted by Crippen LogP contribution is 2.37. The molecular weight excluding hydrogens is 294 g/mol. The maximum absolute atomic E-state index is 12.0. The van der Waals surface area contributed by atoms with Crippen LogP contribution in [0, 0.1) is 5.92 Å². The summed E-state index contributed by atoms with van der Waals surface area (Å²) in [6.45, 7) is 2.25. The number of ether oxygens (including phenoxy) is 2. The molecule has 1 amide bonds. The van der Waals surface area contributed by atoms with E-state index < -0.39 is 0 Å². The molecule has 0 heterocycles. The van der Waals surface area contributed by atoms with Crippen LogP contribution in [0.2, 0.25) is 0 Å². The van der Waals surface area contributed by atoms with Gasteiger partial charge < -0.3 is 19.9 Å². The SMILES string of the molecule is COc1cc(/C=C/C(=O)N[C@H]2CC[C@H](C)CC2)cc(OC)c1O. The van der Waals surface area contributed by atoms with Crippen LogP contribution in [0.4, 0.5) is 0 Å². The first-order valence-corrected chi connectivity index (χ1v) is 7.97. The Morgan fingerprint density at radius 1 is 1.17 bits per heavy atom. The highest BCUT2D eigenvalue weighted by Gasteiger charge is 2.18. The molecule has 0 radical (unpaired) electrons. The largest absolute Gasteiger partial charge is 0.502 e. The van der Waals surface area contributed by atoms with E-state index in [1.54, 1.807) is 18.2 Å². The third-order valence-corrected chi connectivity index (χ3v) is 4.29. The summed E-state index contributed by atoms with van der Waals surface area (Å²) in [6, 6.07) is 3.58. The van der Waals surface area contributed by atoms with Gasteiger partial charge in [-0.05, 0) is 55.4 Å². The Labute approximate surface area is 137 Å². The zero-order chi connectivity index (χ0) is 16.8. The van der Waals surface area contributed by atoms with Gasteiger partial charge >= 0.3 is 0 Å². The van der Waals surface area contributed by atoms with Crippen LogP contribution in [0.15, 0.2) is 18.2 Å². The van der Waals surface area contributed by atoms with Crippen LogP contribution in [0.3, 0.4) is 0 Å². The van der Waals surface area contributed by atoms with Gasteiger partial charge in [0.2, 0.25) is 11.7 Å². The lowest BCUT2D eigenvalue weighted by Gasteiger charge is -2.26. The fourth-order valence-electron chi connectivity index (χ4n) is 2.84. The highest BCUT2D eigenvalue weighted by atomic mass is 16.5. The lowest BCUT2D eigenvalue weighted by atomic mass is 9.87. The predicted molar refractivity (Wildman–Crippen MR) is 89.8 cm³/mol. The van der Waals surface area contributed by atoms with Gasteiger partial charge in [-0.2, -0.15) is 0 Å². The molecule has 0 spiro atoms. The molecule has 0 saturated heterocycles. The average molecular weight is 319 g/mol. The predicted octanol–water partition coefficient (Wildman–Crippen LogP) is 3.12. The number of carbonyl (C=O) groups is 1. The fourth-order valence-corrected chi connectivity index (χ4v) is 2.84. The average Bonchev–Trinajstić information content (AvgIpc) is 2.56. The number of hydrogen-bond donors (Lipinski definition) is 2. The standard InChI is InChI=1S/C18H25NO4/c1-12-4-7-14(8-5-12)19-17(20)9-6-13-10-15(22-2)18(21)16(11-13)23-3/h6,9-12,14,21H,4-5,7-8H2,1-3H3,(H,19,20)/b9-6+/t12-,14-. The summed E-state index contributed by atoms with van der Waals surface area (Å²) >= 11 is 0. The molecule has 23 heavy (non-hydrogen) atoms. The Kier molecular flexibility index (Phi) is 5.90. The van der Waals surface area contributed by atoms with Crippen molar-refractivity contribution < 1.29 is 19.4 Å². The summed E-state index contributed by atoms with van der Waals surface area (Å²) in [5.41, 5.74) is 0.726. The molecule has 1 fully saturated rings. The van der Waals surface area contributed by atoms with Gasteiger partial charge in [0.1, 0.15) is 0 Å². The molecule has 5 heteroatoms. The number of carbonyl (C=O) groups excluding carboxylic acids is 1. The fraction of sp³-hybridized carbons (Fsp3) is 0.500. The Bertz CT molecular complexity index is 549. The van der Waals surface area contributed by atoms with Crippen molar-refractivity contribution in [2.24, 2.45) is 5.92 Å². The number of hydrogen-bond acceptors (Lipinski definition) is 4. The van der Waals surface area contributed by atoms with Gasteiger partial charge in [0.25, 0.3) is 0 Å². The Morgan fingerprint density at radius 3 is 2.26 bits per heavy atom. The molecule has 126 valence electrons. The summed E-state index contributed by atoms with van der Waals surface area (Å²) < 4.78 is 10.2. The summed E-state index contributed by atoms with van der Waals surface area (Å²) in [6.07, 6.45) is 7.61. The van der Waals surface area contributed by atoms with Crippen LogP contribution in [-0.2, 0) is 4.79 Å². The molecule has 1 aromatic rings. The molecule has 0 bridgehead atoms. The molecule has 2 rings (SSSR count). The highest BCUT2D eigenvalue weighted by molar-refractivity contribution is 5.92. The third-order valence-electron chi connectivity index (χ3n) is 4.29. The summed E-state index contributed by atoms with van der Waals surface area (Å²) in [5, 5.41) is 12.9. The van der Waals surface area contributed by atoms with E-state index in [9.17, 15) is 9.90 Å². The van der Waals surface area contributed by atoms with E-state index in [0.717, 1.165) is 24.3 Å². The van der Waals surface area contributed by atoms with Crippen LogP contribution >= 0.6 is 0 Å². The van der Waals surface area contributed by atoms with Gasteiger partial charge in [-0.15, -0.1) is 0 Å². The quantitative estimate of drug-likeness (QED) is 0.818. The first kappa shape index (κ1) is 17.2. The minimum absolute atomic E-state index is 0.0482. The third kappa shape index (κ3) is 4.65. The van der Waals surface area contributed by atoms with Crippen LogP contribution in [0.25, 0.3) is 6.08 Å². The Morgan fingerprint density at radius 2 is 1.74 bits per heavy atom. The van der Waals surface area contributed by atoms with E-state index in [1.165, 1.54) is 33.1 Å². The van der Waals surface area contributed by atoms with Gasteiger partial charge in [-0.3, -0.25) is 4.79 Å². The van der Waals surface area contributed by atoms with Gasteiger partial charge in [0.05, 0.1) is 14.2 Å².